The molecule has 0 aromatic rings. The summed E-state index contributed by atoms with van der Waals surface area (Å²) in [6, 6.07) is 0. The molecule has 110 valence electrons. The van der Waals surface area contributed by atoms with Crippen molar-refractivity contribution in [2.75, 3.05) is 39.6 Å². The average Bonchev–Trinajstić information content (AvgIpc) is 2.25. The molecular formula is C11H25O6P. The number of rotatable bonds is 10. The Labute approximate surface area is 109 Å². The van der Waals surface area contributed by atoms with Gasteiger partial charge in [-0.1, -0.05) is 20.8 Å². The molecule has 0 aromatic carbocycles. The zero-order valence-electron chi connectivity index (χ0n) is 11.7. The van der Waals surface area contributed by atoms with Crippen LogP contribution in [-0.2, 0) is 23.1 Å². The predicted octanol–water partition coefficient (Wildman–Crippen LogP) is 2.22. The van der Waals surface area contributed by atoms with Gasteiger partial charge in [-0.2, -0.15) is 0 Å². The first-order chi connectivity index (χ1) is 8.27. The summed E-state index contributed by atoms with van der Waals surface area (Å²) in [5.74, 6) is 0. The third-order valence-electron chi connectivity index (χ3n) is 1.72. The van der Waals surface area contributed by atoms with Crippen LogP contribution in [0.3, 0.4) is 0 Å². The lowest BCUT2D eigenvalue weighted by atomic mass is 9.99. The Balaban J connectivity index is 3.56. The second-order valence-electron chi connectivity index (χ2n) is 4.95. The van der Waals surface area contributed by atoms with Crippen molar-refractivity contribution in [3.05, 3.63) is 0 Å². The first-order valence-corrected chi connectivity index (χ1v) is 7.54. The lowest BCUT2D eigenvalue weighted by Gasteiger charge is -2.20. The van der Waals surface area contributed by atoms with Gasteiger partial charge in [0.15, 0.2) is 0 Å². The average molecular weight is 284 g/mol. The minimum Gasteiger partial charge on any atom is -0.379 e. The van der Waals surface area contributed by atoms with Crippen molar-refractivity contribution in [3.8, 4) is 0 Å². The summed E-state index contributed by atoms with van der Waals surface area (Å²) in [5, 5.41) is 0. The van der Waals surface area contributed by atoms with Crippen molar-refractivity contribution in [1.82, 2.24) is 0 Å². The number of phosphoric ester groups is 1. The molecule has 0 aliphatic carbocycles. The maximum atomic E-state index is 11.4. The molecule has 0 aliphatic heterocycles. The van der Waals surface area contributed by atoms with Crippen molar-refractivity contribution in [2.45, 2.75) is 27.7 Å². The first kappa shape index (κ1) is 18.0. The minimum absolute atomic E-state index is 0.0179. The lowest BCUT2D eigenvalue weighted by molar-refractivity contribution is 0.0311. The van der Waals surface area contributed by atoms with E-state index in [2.05, 4.69) is 0 Å². The lowest BCUT2D eigenvalue weighted by Crippen LogP contribution is -2.15. The number of phosphoric acid groups is 1. The summed E-state index contributed by atoms with van der Waals surface area (Å²) in [6.45, 7) is 9.62. The summed E-state index contributed by atoms with van der Waals surface area (Å²) in [6.07, 6.45) is 0. The van der Waals surface area contributed by atoms with Crippen molar-refractivity contribution < 1.29 is 28.0 Å². The van der Waals surface area contributed by atoms with Gasteiger partial charge in [0.05, 0.1) is 33.0 Å². The molecule has 0 aliphatic rings. The Morgan fingerprint density at radius 3 is 2.11 bits per heavy atom. The highest BCUT2D eigenvalue weighted by Crippen LogP contribution is 2.44. The van der Waals surface area contributed by atoms with Gasteiger partial charge in [0, 0.05) is 6.61 Å². The van der Waals surface area contributed by atoms with Crippen LogP contribution in [0, 0.1) is 5.41 Å². The molecule has 0 bridgehead atoms. The smallest absolute Gasteiger partial charge is 0.379 e. The Kier molecular flexibility index (Phi) is 9.03. The quantitative estimate of drug-likeness (QED) is 0.490. The summed E-state index contributed by atoms with van der Waals surface area (Å²) in [7, 11) is -3.96. The van der Waals surface area contributed by atoms with Crippen LogP contribution in [0.1, 0.15) is 27.7 Å². The number of ether oxygens (including phenoxy) is 2. The summed E-state index contributed by atoms with van der Waals surface area (Å²) < 4.78 is 31.2. The summed E-state index contributed by atoms with van der Waals surface area (Å²) in [4.78, 5) is 9.35. The van der Waals surface area contributed by atoms with E-state index in [1.54, 1.807) is 0 Å². The molecule has 0 saturated heterocycles. The zero-order valence-corrected chi connectivity index (χ0v) is 12.6. The maximum Gasteiger partial charge on any atom is 0.472 e. The van der Waals surface area contributed by atoms with E-state index < -0.39 is 7.82 Å². The normalized spacial score (nSPS) is 15.6. The van der Waals surface area contributed by atoms with Crippen molar-refractivity contribution in [2.24, 2.45) is 5.41 Å². The van der Waals surface area contributed by atoms with Crippen LogP contribution in [0.4, 0.5) is 0 Å². The number of hydrogen-bond donors (Lipinski definition) is 1. The highest BCUT2D eigenvalue weighted by Gasteiger charge is 2.24. The van der Waals surface area contributed by atoms with Gasteiger partial charge in [0.1, 0.15) is 0 Å². The van der Waals surface area contributed by atoms with Gasteiger partial charge in [-0.05, 0) is 12.3 Å². The molecule has 0 rings (SSSR count). The summed E-state index contributed by atoms with van der Waals surface area (Å²) >= 11 is 0. The Morgan fingerprint density at radius 1 is 1.00 bits per heavy atom. The van der Waals surface area contributed by atoms with Crippen LogP contribution >= 0.6 is 7.82 Å². The van der Waals surface area contributed by atoms with E-state index in [-0.39, 0.29) is 25.2 Å². The molecule has 0 radical (unpaired) electrons. The van der Waals surface area contributed by atoms with E-state index in [4.69, 9.17) is 18.5 Å². The molecule has 1 N–H and O–H groups in total. The Morgan fingerprint density at radius 2 is 1.56 bits per heavy atom. The largest absolute Gasteiger partial charge is 0.472 e. The third-order valence-corrected chi connectivity index (χ3v) is 2.68. The molecule has 0 heterocycles. The SMILES string of the molecule is CCOCCOCCOP(=O)(O)OCC(C)(C)C. The van der Waals surface area contributed by atoms with E-state index in [1.807, 2.05) is 27.7 Å². The van der Waals surface area contributed by atoms with Gasteiger partial charge >= 0.3 is 7.82 Å². The topological polar surface area (TPSA) is 74.2 Å². The van der Waals surface area contributed by atoms with Gasteiger partial charge in [0.25, 0.3) is 0 Å². The fourth-order valence-corrected chi connectivity index (χ4v) is 1.82. The second kappa shape index (κ2) is 9.02. The first-order valence-electron chi connectivity index (χ1n) is 6.04. The van der Waals surface area contributed by atoms with Gasteiger partial charge in [-0.15, -0.1) is 0 Å². The van der Waals surface area contributed by atoms with Crippen LogP contribution < -0.4 is 0 Å². The monoisotopic (exact) mass is 284 g/mol. The standard InChI is InChI=1S/C11H25O6P/c1-5-14-6-7-15-8-9-16-18(12,13)17-10-11(2,3)4/h5-10H2,1-4H3,(H,12,13). The molecule has 0 spiro atoms. The van der Waals surface area contributed by atoms with Crippen LogP contribution in [0.25, 0.3) is 0 Å². The van der Waals surface area contributed by atoms with E-state index in [1.165, 1.54) is 0 Å². The molecule has 7 heteroatoms. The van der Waals surface area contributed by atoms with Crippen LogP contribution in [0.5, 0.6) is 0 Å². The zero-order chi connectivity index (χ0) is 14.1. The van der Waals surface area contributed by atoms with Gasteiger partial charge < -0.3 is 14.4 Å². The van der Waals surface area contributed by atoms with Crippen LogP contribution in [0.2, 0.25) is 0 Å². The molecule has 0 saturated carbocycles. The van der Waals surface area contributed by atoms with E-state index >= 15 is 0 Å². The van der Waals surface area contributed by atoms with E-state index in [0.29, 0.717) is 19.8 Å². The molecule has 1 unspecified atom stereocenters. The summed E-state index contributed by atoms with van der Waals surface area (Å²) in [5.41, 5.74) is -0.185. The van der Waals surface area contributed by atoms with Crippen molar-refractivity contribution in [1.29, 1.82) is 0 Å². The fourth-order valence-electron chi connectivity index (χ4n) is 0.888. The van der Waals surface area contributed by atoms with E-state index in [0.717, 1.165) is 0 Å². The van der Waals surface area contributed by atoms with Crippen LogP contribution in [0.15, 0.2) is 0 Å². The third kappa shape index (κ3) is 12.5. The molecule has 0 aromatic heterocycles. The molecular weight excluding hydrogens is 259 g/mol. The highest BCUT2D eigenvalue weighted by molar-refractivity contribution is 7.47. The van der Waals surface area contributed by atoms with Gasteiger partial charge in [-0.25, -0.2) is 4.57 Å². The molecule has 0 fully saturated rings. The second-order valence-corrected chi connectivity index (χ2v) is 6.40. The fraction of sp³-hybridized carbons (Fsp3) is 1.00. The molecule has 6 nitrogen and oxygen atoms in total. The molecule has 1 atom stereocenters. The predicted molar refractivity (Wildman–Crippen MR) is 68.5 cm³/mol. The van der Waals surface area contributed by atoms with Crippen molar-refractivity contribution >= 4 is 7.82 Å². The molecule has 18 heavy (non-hydrogen) atoms. The van der Waals surface area contributed by atoms with Gasteiger partial charge in [0.2, 0.25) is 0 Å². The Bertz CT molecular complexity index is 250. The minimum atomic E-state index is -3.96. The maximum absolute atomic E-state index is 11.4. The highest BCUT2D eigenvalue weighted by atomic mass is 31.2. The van der Waals surface area contributed by atoms with E-state index in [9.17, 15) is 9.46 Å². The molecule has 0 amide bonds. The van der Waals surface area contributed by atoms with Gasteiger partial charge in [-0.3, -0.25) is 9.05 Å². The van der Waals surface area contributed by atoms with Crippen molar-refractivity contribution in [3.63, 3.8) is 0 Å². The number of hydrogen-bond acceptors (Lipinski definition) is 5. The van der Waals surface area contributed by atoms with Crippen LogP contribution in [-0.4, -0.2) is 44.5 Å². The Hall–Kier alpha value is 0.0300.